The summed E-state index contributed by atoms with van der Waals surface area (Å²) >= 11 is 0. The Bertz CT molecular complexity index is 2640. The number of sulfonamides is 1. The summed E-state index contributed by atoms with van der Waals surface area (Å²) in [5.74, 6) is 0.678. The van der Waals surface area contributed by atoms with Crippen LogP contribution in [0.1, 0.15) is 27.8 Å². The van der Waals surface area contributed by atoms with Crippen LogP contribution in [-0.2, 0) is 30.3 Å². The minimum absolute atomic E-state index is 0.00802. The predicted molar refractivity (Wildman–Crippen MR) is 187 cm³/mol. The third-order valence-electron chi connectivity index (χ3n) is 8.22. The number of nitrogens with one attached hydrogen (secondary N) is 2. The molecule has 252 valence electrons. The van der Waals surface area contributed by atoms with Crippen molar-refractivity contribution in [1.82, 2.24) is 0 Å². The highest BCUT2D eigenvalue weighted by Crippen LogP contribution is 2.43. The summed E-state index contributed by atoms with van der Waals surface area (Å²) in [6.45, 7) is 8.46. The molecule has 14 heteroatoms. The van der Waals surface area contributed by atoms with Gasteiger partial charge in [0.15, 0.2) is 0 Å². The summed E-state index contributed by atoms with van der Waals surface area (Å²) in [5, 5.41) is 4.37. The summed E-state index contributed by atoms with van der Waals surface area (Å²) in [4.78, 5) is -0.800. The Labute approximate surface area is 283 Å². The molecule has 0 aromatic heterocycles. The van der Waals surface area contributed by atoms with Crippen molar-refractivity contribution < 1.29 is 39.1 Å². The lowest BCUT2D eigenvalue weighted by Gasteiger charge is -2.25. The minimum Gasteiger partial charge on any atom is -0.456 e. The first-order valence-corrected chi connectivity index (χ1v) is 19.0. The van der Waals surface area contributed by atoms with E-state index in [0.29, 0.717) is 44.3 Å². The Balaban J connectivity index is 1.52. The molecule has 0 spiro atoms. The molecular weight excluding hydrogens is 689 g/mol. The maximum absolute atomic E-state index is 13.3. The van der Waals surface area contributed by atoms with Crippen molar-refractivity contribution in [1.29, 1.82) is 0 Å². The lowest BCUT2D eigenvalue weighted by molar-refractivity contribution is 0.471. The van der Waals surface area contributed by atoms with Gasteiger partial charge in [0.2, 0.25) is 0 Å². The lowest BCUT2D eigenvalue weighted by atomic mass is 9.92. The monoisotopic (exact) mass is 718 g/mol. The third kappa shape index (κ3) is 6.32. The van der Waals surface area contributed by atoms with E-state index >= 15 is 0 Å². The Morgan fingerprint density at radius 2 is 1.31 bits per heavy atom. The maximum atomic E-state index is 13.3. The molecule has 11 nitrogen and oxygen atoms in total. The molecule has 6 rings (SSSR count). The number of hydrogen-bond donors (Lipinski definition) is 4. The van der Waals surface area contributed by atoms with Gasteiger partial charge in [0.25, 0.3) is 30.3 Å². The topological polar surface area (TPSA) is 176 Å². The Kier molecular flexibility index (Phi) is 8.41. The molecule has 0 bridgehead atoms. The van der Waals surface area contributed by atoms with E-state index in [1.807, 2.05) is 0 Å². The number of ether oxygens (including phenoxy) is 1. The molecule has 0 saturated heterocycles. The molecule has 1 aliphatic heterocycles. The fourth-order valence-corrected chi connectivity index (χ4v) is 8.95. The van der Waals surface area contributed by atoms with E-state index in [4.69, 9.17) is 4.74 Å². The van der Waals surface area contributed by atoms with E-state index in [9.17, 15) is 34.4 Å². The summed E-state index contributed by atoms with van der Waals surface area (Å²) in [7, 11) is -13.6. The lowest BCUT2D eigenvalue weighted by Crippen LogP contribution is -2.20. The van der Waals surface area contributed by atoms with Crippen LogP contribution in [0.3, 0.4) is 0 Å². The van der Waals surface area contributed by atoms with Crippen LogP contribution in [0.25, 0.3) is 12.2 Å². The van der Waals surface area contributed by atoms with Crippen LogP contribution in [0, 0.1) is 20.8 Å². The van der Waals surface area contributed by atoms with Crippen LogP contribution in [0.4, 0.5) is 17.1 Å². The summed E-state index contributed by atoms with van der Waals surface area (Å²) in [6.07, 6.45) is 0. The second-order valence-electron chi connectivity index (χ2n) is 11.5. The van der Waals surface area contributed by atoms with Crippen LogP contribution in [0.2, 0.25) is 0 Å². The average molecular weight is 719 g/mol. The highest BCUT2D eigenvalue weighted by atomic mass is 32.2. The summed E-state index contributed by atoms with van der Waals surface area (Å²) in [6, 6.07) is 23.7. The van der Waals surface area contributed by atoms with Gasteiger partial charge in [-0.15, -0.1) is 0 Å². The van der Waals surface area contributed by atoms with E-state index < -0.39 is 35.2 Å². The molecule has 1 heterocycles. The molecule has 0 saturated carbocycles. The van der Waals surface area contributed by atoms with E-state index in [1.54, 1.807) is 73.7 Å². The third-order valence-corrected chi connectivity index (χ3v) is 11.6. The van der Waals surface area contributed by atoms with Gasteiger partial charge in [0.1, 0.15) is 21.3 Å². The van der Waals surface area contributed by atoms with Gasteiger partial charge in [-0.3, -0.25) is 13.8 Å². The fraction of sp³-hybridized carbons (Fsp3) is 0.0857. The standard InChI is InChI=1S/C35H30N2O9S3/c1-20-14-16-26-29(18-20)46-30-19-24(15-17-27(30)32(26)28-12-8-9-13-31(28)48(40,41)42)36-33-21(2)34(23(4)35(22(33)3)49(43,44)45)37-47(38,39)25-10-6-5-7-11-25/h5-19,36-37H,1H2,2-4H3,(H,40,41,42)(H,43,44,45). The second kappa shape index (κ2) is 12.2. The van der Waals surface area contributed by atoms with Gasteiger partial charge in [0.05, 0.1) is 10.6 Å². The van der Waals surface area contributed by atoms with E-state index in [1.165, 1.54) is 38.1 Å². The minimum atomic E-state index is -4.82. The van der Waals surface area contributed by atoms with Crippen molar-refractivity contribution in [2.75, 3.05) is 10.0 Å². The zero-order chi connectivity index (χ0) is 35.5. The van der Waals surface area contributed by atoms with Crippen LogP contribution < -0.4 is 25.2 Å². The largest absolute Gasteiger partial charge is 0.456 e. The van der Waals surface area contributed by atoms with Crippen molar-refractivity contribution in [2.24, 2.45) is 0 Å². The molecule has 49 heavy (non-hydrogen) atoms. The molecule has 0 atom stereocenters. The Morgan fingerprint density at radius 3 is 1.98 bits per heavy atom. The zero-order valence-corrected chi connectivity index (χ0v) is 28.8. The van der Waals surface area contributed by atoms with Crippen molar-refractivity contribution >= 4 is 59.5 Å². The van der Waals surface area contributed by atoms with Crippen molar-refractivity contribution in [3.63, 3.8) is 0 Å². The quantitative estimate of drug-likeness (QED) is 0.149. The molecule has 0 fully saturated rings. The Hall–Kier alpha value is -4.99. The molecule has 0 aliphatic carbocycles. The molecular formula is C35H30N2O9S3. The van der Waals surface area contributed by atoms with Gasteiger partial charge in [-0.05, 0) is 79.1 Å². The van der Waals surface area contributed by atoms with E-state index in [-0.39, 0.29) is 37.9 Å². The normalized spacial score (nSPS) is 12.9. The van der Waals surface area contributed by atoms with E-state index in [2.05, 4.69) is 16.6 Å². The highest BCUT2D eigenvalue weighted by molar-refractivity contribution is 7.92. The fourth-order valence-electron chi connectivity index (χ4n) is 6.06. The molecule has 0 unspecified atom stereocenters. The van der Waals surface area contributed by atoms with Crippen LogP contribution >= 0.6 is 0 Å². The molecule has 0 amide bonds. The van der Waals surface area contributed by atoms with Gasteiger partial charge in [0, 0.05) is 39.4 Å². The van der Waals surface area contributed by atoms with E-state index in [0.717, 1.165) is 0 Å². The smallest absolute Gasteiger partial charge is 0.295 e. The zero-order valence-electron chi connectivity index (χ0n) is 26.3. The molecule has 5 aromatic carbocycles. The average Bonchev–Trinajstić information content (AvgIpc) is 3.03. The number of rotatable bonds is 8. The first kappa shape index (κ1) is 33.9. The molecule has 0 radical (unpaired) electrons. The van der Waals surface area contributed by atoms with Gasteiger partial charge >= 0.3 is 0 Å². The van der Waals surface area contributed by atoms with Crippen LogP contribution in [0.15, 0.2) is 106 Å². The van der Waals surface area contributed by atoms with Crippen LogP contribution in [0.5, 0.6) is 11.5 Å². The maximum Gasteiger partial charge on any atom is 0.295 e. The van der Waals surface area contributed by atoms with Crippen molar-refractivity contribution in [2.45, 2.75) is 35.5 Å². The highest BCUT2D eigenvalue weighted by Gasteiger charge is 2.29. The van der Waals surface area contributed by atoms with Gasteiger partial charge < -0.3 is 10.1 Å². The van der Waals surface area contributed by atoms with Crippen LogP contribution in [-0.4, -0.2) is 34.4 Å². The summed E-state index contributed by atoms with van der Waals surface area (Å²) in [5.41, 5.74) is 2.28. The van der Waals surface area contributed by atoms with Gasteiger partial charge in [-0.2, -0.15) is 16.8 Å². The Morgan fingerprint density at radius 1 is 0.653 bits per heavy atom. The number of fused-ring (bicyclic) bond motifs is 2. The molecule has 5 aromatic rings. The van der Waals surface area contributed by atoms with Gasteiger partial charge in [-0.25, -0.2) is 8.42 Å². The SMILES string of the molecule is C=c1ccc2c(c1)Oc1cc(Nc3c(C)c(NS(=O)(=O)c4ccccc4)c(C)c(S(=O)(=O)O)c3C)ccc1C=2c1ccccc1S(=O)(=O)O. The van der Waals surface area contributed by atoms with Crippen molar-refractivity contribution in [3.05, 3.63) is 129 Å². The number of hydrogen-bond acceptors (Lipinski definition) is 8. The predicted octanol–water partition coefficient (Wildman–Crippen LogP) is 5.41. The second-order valence-corrected chi connectivity index (χ2v) is 15.9. The first-order chi connectivity index (χ1) is 23.0. The molecule has 4 N–H and O–H groups in total. The number of benzene rings is 5. The van der Waals surface area contributed by atoms with Gasteiger partial charge in [-0.1, -0.05) is 55.1 Å². The summed E-state index contributed by atoms with van der Waals surface area (Å²) < 4.78 is 106. The first-order valence-electron chi connectivity index (χ1n) is 14.7. The van der Waals surface area contributed by atoms with Crippen molar-refractivity contribution in [3.8, 4) is 11.5 Å². The molecule has 1 aliphatic rings. The number of anilines is 3.